The first-order valence-electron chi connectivity index (χ1n) is 10.4. The number of aromatic hydroxyl groups is 2. The molecule has 1 aliphatic heterocycles. The largest absolute Gasteiger partial charge is 0.508 e. The lowest BCUT2D eigenvalue weighted by Gasteiger charge is -2.04. The number of phenols is 2. The third-order valence-electron chi connectivity index (χ3n) is 5.45. The maximum absolute atomic E-state index is 11.4. The van der Waals surface area contributed by atoms with Crippen LogP contribution in [0.15, 0.2) is 48.7 Å². The summed E-state index contributed by atoms with van der Waals surface area (Å²) in [5.74, 6) is -1.01. The number of nitrogens with two attached hydrogens (primary N) is 1. The van der Waals surface area contributed by atoms with E-state index in [-0.39, 0.29) is 23.8 Å². The Morgan fingerprint density at radius 1 is 1.03 bits per heavy atom. The standard InChI is InChI=1S/C12H11N3O3.C11H12N2O3/c16-8-1-2-9-6(4-8)3-7(13-9)5-10-11(17)15-12(18)14-10;12-9(11(15)16)3-6-5-13-10-2-1-7(14)4-8(6)10/h1-4,10,13,16H,5H2,(H2,14,15,17,18);1-2,4-5,9,13-14H,3,12H2,(H,15,16)/t;9-/m.0/s1. The quantitative estimate of drug-likeness (QED) is 0.204. The van der Waals surface area contributed by atoms with Gasteiger partial charge in [0.25, 0.3) is 5.91 Å². The van der Waals surface area contributed by atoms with Crippen LogP contribution >= 0.6 is 0 Å². The van der Waals surface area contributed by atoms with Crippen molar-refractivity contribution in [3.05, 3.63) is 59.9 Å². The first kappa shape index (κ1) is 22.7. The number of carboxylic acids is 1. The summed E-state index contributed by atoms with van der Waals surface area (Å²) in [6.07, 6.45) is 2.35. The minimum absolute atomic E-state index is 0.150. The van der Waals surface area contributed by atoms with Crippen molar-refractivity contribution in [2.24, 2.45) is 5.73 Å². The molecule has 1 unspecified atom stereocenters. The smallest absolute Gasteiger partial charge is 0.322 e. The number of hydrogen-bond donors (Lipinski definition) is 8. The number of imide groups is 1. The maximum atomic E-state index is 11.4. The number of nitrogens with one attached hydrogen (secondary N) is 4. The molecule has 11 heteroatoms. The van der Waals surface area contributed by atoms with Crippen molar-refractivity contribution in [2.45, 2.75) is 24.9 Å². The Labute approximate surface area is 192 Å². The van der Waals surface area contributed by atoms with Gasteiger partial charge < -0.3 is 36.3 Å². The summed E-state index contributed by atoms with van der Waals surface area (Å²) in [4.78, 5) is 39.2. The lowest BCUT2D eigenvalue weighted by atomic mass is 10.1. The van der Waals surface area contributed by atoms with Crippen LogP contribution in [0.4, 0.5) is 4.79 Å². The monoisotopic (exact) mass is 465 g/mol. The summed E-state index contributed by atoms with van der Waals surface area (Å²) < 4.78 is 0. The third-order valence-corrected chi connectivity index (χ3v) is 5.45. The number of hydrogen-bond acceptors (Lipinski definition) is 6. The zero-order valence-corrected chi connectivity index (χ0v) is 17.8. The van der Waals surface area contributed by atoms with Crippen LogP contribution in [0, 0.1) is 0 Å². The van der Waals surface area contributed by atoms with Gasteiger partial charge in [-0.2, -0.15) is 0 Å². The number of carbonyl (C=O) groups is 3. The van der Waals surface area contributed by atoms with E-state index in [9.17, 15) is 24.6 Å². The molecule has 2 aromatic heterocycles. The van der Waals surface area contributed by atoms with Crippen molar-refractivity contribution >= 4 is 39.7 Å². The Hall–Kier alpha value is -4.51. The van der Waals surface area contributed by atoms with Gasteiger partial charge in [-0.3, -0.25) is 14.9 Å². The zero-order chi connectivity index (χ0) is 24.4. The van der Waals surface area contributed by atoms with E-state index in [2.05, 4.69) is 20.6 Å². The number of rotatable bonds is 5. The summed E-state index contributed by atoms with van der Waals surface area (Å²) in [6.45, 7) is 0. The Morgan fingerprint density at radius 3 is 2.41 bits per heavy atom. The molecule has 3 heterocycles. The lowest BCUT2D eigenvalue weighted by Crippen LogP contribution is -2.32. The molecule has 1 fully saturated rings. The Morgan fingerprint density at radius 2 is 1.74 bits per heavy atom. The predicted octanol–water partition coefficient (Wildman–Crippen LogP) is 1.45. The van der Waals surface area contributed by atoms with Crippen LogP contribution in [0.5, 0.6) is 11.5 Å². The molecule has 1 saturated heterocycles. The minimum Gasteiger partial charge on any atom is -0.508 e. The first-order chi connectivity index (χ1) is 16.2. The van der Waals surface area contributed by atoms with Gasteiger partial charge in [0, 0.05) is 46.5 Å². The minimum atomic E-state index is -1.03. The number of carbonyl (C=O) groups excluding carboxylic acids is 2. The van der Waals surface area contributed by atoms with Crippen LogP contribution in [0.2, 0.25) is 0 Å². The highest BCUT2D eigenvalue weighted by Gasteiger charge is 2.29. The van der Waals surface area contributed by atoms with Gasteiger partial charge in [0.1, 0.15) is 23.6 Å². The van der Waals surface area contributed by atoms with Crippen LogP contribution in [-0.4, -0.2) is 55.3 Å². The molecule has 4 aromatic rings. The van der Waals surface area contributed by atoms with Gasteiger partial charge in [0.15, 0.2) is 0 Å². The van der Waals surface area contributed by atoms with Crippen LogP contribution in [0.3, 0.4) is 0 Å². The Kier molecular flexibility index (Phi) is 6.11. The molecule has 34 heavy (non-hydrogen) atoms. The number of benzene rings is 2. The fourth-order valence-electron chi connectivity index (χ4n) is 3.77. The molecule has 3 amide bonds. The zero-order valence-electron chi connectivity index (χ0n) is 17.8. The second-order valence-electron chi connectivity index (χ2n) is 7.98. The van der Waals surface area contributed by atoms with Gasteiger partial charge in [-0.1, -0.05) is 0 Å². The van der Waals surface area contributed by atoms with E-state index in [0.29, 0.717) is 6.42 Å². The number of aliphatic carboxylic acids is 1. The number of carboxylic acid groups (broad SMARTS) is 1. The number of amides is 3. The average molecular weight is 465 g/mol. The molecular formula is C23H23N5O6. The number of urea groups is 1. The summed E-state index contributed by atoms with van der Waals surface area (Å²) in [6, 6.07) is 9.82. The van der Waals surface area contributed by atoms with Gasteiger partial charge in [0.2, 0.25) is 0 Å². The SMILES string of the molecule is N[C@@H](Cc1c[nH]c2ccc(O)cc12)C(=O)O.O=C1NC(=O)C(Cc2cc3cc(O)ccc3[nH]2)N1. The number of aromatic nitrogens is 2. The van der Waals surface area contributed by atoms with Crippen molar-refractivity contribution in [1.82, 2.24) is 20.6 Å². The van der Waals surface area contributed by atoms with E-state index in [4.69, 9.17) is 10.8 Å². The van der Waals surface area contributed by atoms with Gasteiger partial charge in [0.05, 0.1) is 0 Å². The van der Waals surface area contributed by atoms with Crippen molar-refractivity contribution in [2.75, 3.05) is 0 Å². The molecule has 11 nitrogen and oxygen atoms in total. The summed E-state index contributed by atoms with van der Waals surface area (Å²) in [5.41, 5.74) is 8.82. The van der Waals surface area contributed by atoms with E-state index in [1.165, 1.54) is 0 Å². The van der Waals surface area contributed by atoms with Crippen LogP contribution < -0.4 is 16.4 Å². The summed E-state index contributed by atoms with van der Waals surface area (Å²) in [5, 5.41) is 33.8. The van der Waals surface area contributed by atoms with Gasteiger partial charge in [-0.05, 0) is 48.0 Å². The molecule has 2 atom stereocenters. The fraction of sp³-hybridized carbons (Fsp3) is 0.174. The normalized spacial score (nSPS) is 16.1. The first-order valence-corrected chi connectivity index (χ1v) is 10.4. The van der Waals surface area contributed by atoms with E-state index in [0.717, 1.165) is 33.1 Å². The highest BCUT2D eigenvalue weighted by Crippen LogP contribution is 2.24. The fourth-order valence-corrected chi connectivity index (χ4v) is 3.77. The molecular weight excluding hydrogens is 442 g/mol. The molecule has 0 spiro atoms. The number of fused-ring (bicyclic) bond motifs is 2. The summed E-state index contributed by atoms with van der Waals surface area (Å²) in [7, 11) is 0. The molecule has 0 aliphatic carbocycles. The average Bonchev–Trinajstić information content (AvgIpc) is 3.45. The Bertz CT molecular complexity index is 1390. The molecule has 5 rings (SSSR count). The molecule has 9 N–H and O–H groups in total. The van der Waals surface area contributed by atoms with Crippen molar-refractivity contribution in [3.8, 4) is 11.5 Å². The second-order valence-corrected chi connectivity index (χ2v) is 7.98. The molecule has 176 valence electrons. The van der Waals surface area contributed by atoms with E-state index in [1.807, 2.05) is 6.07 Å². The summed E-state index contributed by atoms with van der Waals surface area (Å²) >= 11 is 0. The molecule has 0 radical (unpaired) electrons. The van der Waals surface area contributed by atoms with Gasteiger partial charge in [-0.25, -0.2) is 4.79 Å². The second kappa shape index (κ2) is 9.16. The van der Waals surface area contributed by atoms with Gasteiger partial charge >= 0.3 is 12.0 Å². The van der Waals surface area contributed by atoms with Crippen LogP contribution in [0.25, 0.3) is 21.8 Å². The topological polar surface area (TPSA) is 194 Å². The Balaban J connectivity index is 0.000000162. The molecule has 0 bridgehead atoms. The third kappa shape index (κ3) is 4.94. The van der Waals surface area contributed by atoms with E-state index in [1.54, 1.807) is 42.6 Å². The van der Waals surface area contributed by atoms with E-state index < -0.39 is 24.1 Å². The number of phenolic OH excluding ortho intramolecular Hbond substituents is 2. The molecule has 1 aliphatic rings. The maximum Gasteiger partial charge on any atom is 0.322 e. The number of H-pyrrole nitrogens is 2. The van der Waals surface area contributed by atoms with Gasteiger partial charge in [-0.15, -0.1) is 0 Å². The number of aromatic amines is 2. The van der Waals surface area contributed by atoms with Crippen LogP contribution in [0.1, 0.15) is 11.3 Å². The van der Waals surface area contributed by atoms with Crippen molar-refractivity contribution in [3.63, 3.8) is 0 Å². The van der Waals surface area contributed by atoms with Crippen LogP contribution in [-0.2, 0) is 22.4 Å². The van der Waals surface area contributed by atoms with Crippen molar-refractivity contribution in [1.29, 1.82) is 0 Å². The van der Waals surface area contributed by atoms with E-state index >= 15 is 0 Å². The van der Waals surface area contributed by atoms with Crippen molar-refractivity contribution < 1.29 is 29.7 Å². The highest BCUT2D eigenvalue weighted by atomic mass is 16.4. The molecule has 0 saturated carbocycles. The highest BCUT2D eigenvalue weighted by molar-refractivity contribution is 6.04. The lowest BCUT2D eigenvalue weighted by molar-refractivity contribution is -0.138. The molecule has 2 aromatic carbocycles. The predicted molar refractivity (Wildman–Crippen MR) is 123 cm³/mol.